The van der Waals surface area contributed by atoms with Crippen molar-refractivity contribution in [3.63, 3.8) is 0 Å². The Morgan fingerprint density at radius 1 is 1.08 bits per heavy atom. The van der Waals surface area contributed by atoms with Crippen LogP contribution in [0.25, 0.3) is 11.0 Å². The van der Waals surface area contributed by atoms with Gasteiger partial charge in [-0.25, -0.2) is 4.98 Å². The summed E-state index contributed by atoms with van der Waals surface area (Å²) in [6.07, 6.45) is 0. The molecule has 0 aliphatic carbocycles. The maximum Gasteiger partial charge on any atom is 0.230 e. The van der Waals surface area contributed by atoms with Gasteiger partial charge >= 0.3 is 0 Å². The normalized spacial score (nSPS) is 12.5. The molecule has 1 heterocycles. The van der Waals surface area contributed by atoms with Crippen LogP contribution < -0.4 is 5.32 Å². The highest BCUT2D eigenvalue weighted by Gasteiger charge is 2.15. The Balaban J connectivity index is 1.68. The van der Waals surface area contributed by atoms with Crippen LogP contribution in [0.15, 0.2) is 59.8 Å². The molecule has 1 amide bonds. The lowest BCUT2D eigenvalue weighted by molar-refractivity contribution is -0.119. The van der Waals surface area contributed by atoms with Crippen molar-refractivity contribution in [3.8, 4) is 0 Å². The topological polar surface area (TPSA) is 46.9 Å². The van der Waals surface area contributed by atoms with Crippen LogP contribution in [0.2, 0.25) is 0 Å². The quantitative estimate of drug-likeness (QED) is 0.618. The molecular formula is C21H25N3OS. The molecule has 1 N–H and O–H groups in total. The lowest BCUT2D eigenvalue weighted by Gasteiger charge is -2.14. The van der Waals surface area contributed by atoms with E-state index in [0.717, 1.165) is 28.3 Å². The van der Waals surface area contributed by atoms with Gasteiger partial charge in [0, 0.05) is 6.54 Å². The summed E-state index contributed by atoms with van der Waals surface area (Å²) in [6, 6.07) is 18.1. The van der Waals surface area contributed by atoms with Crippen molar-refractivity contribution in [2.75, 3.05) is 5.75 Å². The summed E-state index contributed by atoms with van der Waals surface area (Å²) in [7, 11) is 0. The van der Waals surface area contributed by atoms with Gasteiger partial charge in [0.2, 0.25) is 5.91 Å². The first-order valence-electron chi connectivity index (χ1n) is 8.97. The number of nitrogens with one attached hydrogen (secondary N) is 1. The smallest absolute Gasteiger partial charge is 0.230 e. The van der Waals surface area contributed by atoms with Gasteiger partial charge in [0.05, 0.1) is 22.8 Å². The molecule has 0 bridgehead atoms. The SMILES string of the molecule is CC(C)Cn1c(SCC(=O)N[C@H](C)c2ccccc2)nc2ccccc21. The molecule has 136 valence electrons. The van der Waals surface area contributed by atoms with E-state index >= 15 is 0 Å². The number of benzene rings is 2. The predicted molar refractivity (Wildman–Crippen MR) is 108 cm³/mol. The average Bonchev–Trinajstić information content (AvgIpc) is 2.98. The first-order chi connectivity index (χ1) is 12.5. The number of fused-ring (bicyclic) bond motifs is 1. The molecule has 1 aromatic heterocycles. The molecule has 5 heteroatoms. The second-order valence-electron chi connectivity index (χ2n) is 6.88. The van der Waals surface area contributed by atoms with Crippen LogP contribution in [0.5, 0.6) is 0 Å². The van der Waals surface area contributed by atoms with Crippen molar-refractivity contribution in [3.05, 3.63) is 60.2 Å². The summed E-state index contributed by atoms with van der Waals surface area (Å²) in [5.41, 5.74) is 3.22. The van der Waals surface area contributed by atoms with Gasteiger partial charge in [0.25, 0.3) is 0 Å². The highest BCUT2D eigenvalue weighted by atomic mass is 32.2. The maximum absolute atomic E-state index is 12.4. The van der Waals surface area contributed by atoms with Gasteiger partial charge < -0.3 is 9.88 Å². The van der Waals surface area contributed by atoms with Crippen molar-refractivity contribution in [2.45, 2.75) is 38.5 Å². The zero-order valence-corrected chi connectivity index (χ0v) is 16.3. The minimum absolute atomic E-state index is 0.00113. The number of aromatic nitrogens is 2. The van der Waals surface area contributed by atoms with E-state index in [4.69, 9.17) is 4.98 Å². The molecule has 3 rings (SSSR count). The van der Waals surface area contributed by atoms with Crippen molar-refractivity contribution in [2.24, 2.45) is 5.92 Å². The molecule has 0 aliphatic heterocycles. The summed E-state index contributed by atoms with van der Waals surface area (Å²) in [5, 5.41) is 3.97. The molecule has 26 heavy (non-hydrogen) atoms. The van der Waals surface area contributed by atoms with Crippen molar-refractivity contribution >= 4 is 28.7 Å². The molecule has 0 aliphatic rings. The number of carbonyl (C=O) groups excluding carboxylic acids is 1. The lowest BCUT2D eigenvalue weighted by atomic mass is 10.1. The summed E-state index contributed by atoms with van der Waals surface area (Å²) in [6.45, 7) is 7.28. The number of hydrogen-bond donors (Lipinski definition) is 1. The highest BCUT2D eigenvalue weighted by Crippen LogP contribution is 2.25. The van der Waals surface area contributed by atoms with Crippen LogP contribution in [-0.4, -0.2) is 21.2 Å². The molecule has 0 saturated heterocycles. The van der Waals surface area contributed by atoms with Gasteiger partial charge in [0.15, 0.2) is 5.16 Å². The number of nitrogens with zero attached hydrogens (tertiary/aromatic N) is 2. The summed E-state index contributed by atoms with van der Waals surface area (Å²) in [4.78, 5) is 17.1. The molecule has 2 aromatic carbocycles. The number of hydrogen-bond acceptors (Lipinski definition) is 3. The number of carbonyl (C=O) groups is 1. The Labute approximate surface area is 159 Å². The van der Waals surface area contributed by atoms with E-state index in [2.05, 4.69) is 29.8 Å². The Morgan fingerprint density at radius 2 is 1.77 bits per heavy atom. The monoisotopic (exact) mass is 367 g/mol. The van der Waals surface area contributed by atoms with E-state index < -0.39 is 0 Å². The minimum Gasteiger partial charge on any atom is -0.349 e. The van der Waals surface area contributed by atoms with Crippen molar-refractivity contribution in [1.82, 2.24) is 14.9 Å². The van der Waals surface area contributed by atoms with E-state index in [1.807, 2.05) is 55.5 Å². The Morgan fingerprint density at radius 3 is 2.50 bits per heavy atom. The first-order valence-corrected chi connectivity index (χ1v) is 9.95. The molecule has 0 saturated carbocycles. The second kappa shape index (κ2) is 8.41. The summed E-state index contributed by atoms with van der Waals surface area (Å²) < 4.78 is 2.22. The Kier molecular flexibility index (Phi) is 5.99. The molecule has 0 unspecified atom stereocenters. The molecule has 4 nitrogen and oxygen atoms in total. The Bertz CT molecular complexity index is 873. The van der Waals surface area contributed by atoms with E-state index in [1.54, 1.807) is 0 Å². The highest BCUT2D eigenvalue weighted by molar-refractivity contribution is 7.99. The van der Waals surface area contributed by atoms with E-state index in [9.17, 15) is 4.79 Å². The third-order valence-electron chi connectivity index (χ3n) is 4.18. The fraction of sp³-hybridized carbons (Fsp3) is 0.333. The zero-order valence-electron chi connectivity index (χ0n) is 15.5. The number of amides is 1. The molecular weight excluding hydrogens is 342 g/mol. The molecule has 3 aromatic rings. The fourth-order valence-electron chi connectivity index (χ4n) is 2.94. The second-order valence-corrected chi connectivity index (χ2v) is 7.82. The van der Waals surface area contributed by atoms with E-state index in [-0.39, 0.29) is 11.9 Å². The molecule has 0 radical (unpaired) electrons. The predicted octanol–water partition coefficient (Wildman–Crippen LogP) is 4.66. The molecule has 1 atom stereocenters. The van der Waals surface area contributed by atoms with Crippen molar-refractivity contribution < 1.29 is 4.79 Å². The molecule has 0 fully saturated rings. The maximum atomic E-state index is 12.4. The van der Waals surface area contributed by atoms with Crippen LogP contribution >= 0.6 is 11.8 Å². The fourth-order valence-corrected chi connectivity index (χ4v) is 3.78. The zero-order chi connectivity index (χ0) is 18.5. The third kappa shape index (κ3) is 4.47. The largest absolute Gasteiger partial charge is 0.349 e. The van der Waals surface area contributed by atoms with E-state index in [1.165, 1.54) is 11.8 Å². The van der Waals surface area contributed by atoms with Crippen molar-refractivity contribution in [1.29, 1.82) is 0 Å². The van der Waals surface area contributed by atoms with Gasteiger partial charge in [0.1, 0.15) is 0 Å². The number of rotatable bonds is 7. The van der Waals surface area contributed by atoms with Crippen LogP contribution in [-0.2, 0) is 11.3 Å². The van der Waals surface area contributed by atoms with Crippen LogP contribution in [0.1, 0.15) is 32.4 Å². The number of thioether (sulfide) groups is 1. The first kappa shape index (κ1) is 18.5. The third-order valence-corrected chi connectivity index (χ3v) is 5.15. The van der Waals surface area contributed by atoms with Crippen LogP contribution in [0, 0.1) is 5.92 Å². The Hall–Kier alpha value is -2.27. The van der Waals surface area contributed by atoms with Gasteiger partial charge in [-0.05, 0) is 30.5 Å². The number of para-hydroxylation sites is 2. The van der Waals surface area contributed by atoms with Gasteiger partial charge in [-0.1, -0.05) is 68.1 Å². The van der Waals surface area contributed by atoms with Gasteiger partial charge in [-0.3, -0.25) is 4.79 Å². The van der Waals surface area contributed by atoms with Gasteiger partial charge in [-0.15, -0.1) is 0 Å². The summed E-state index contributed by atoms with van der Waals surface area (Å²) in [5.74, 6) is 0.895. The standard InChI is InChI=1S/C21H25N3OS/c1-15(2)13-24-19-12-8-7-11-18(19)23-21(24)26-14-20(25)22-16(3)17-9-5-4-6-10-17/h4-12,15-16H,13-14H2,1-3H3,(H,22,25)/t16-/m1/s1. The lowest BCUT2D eigenvalue weighted by Crippen LogP contribution is -2.28. The van der Waals surface area contributed by atoms with Gasteiger partial charge in [-0.2, -0.15) is 0 Å². The number of imidazole rings is 1. The summed E-state index contributed by atoms with van der Waals surface area (Å²) >= 11 is 1.50. The van der Waals surface area contributed by atoms with E-state index in [0.29, 0.717) is 11.7 Å². The van der Waals surface area contributed by atoms with Crippen LogP contribution in [0.3, 0.4) is 0 Å². The average molecular weight is 368 g/mol. The molecule has 0 spiro atoms. The van der Waals surface area contributed by atoms with Crippen LogP contribution in [0.4, 0.5) is 0 Å². The minimum atomic E-state index is -0.00113.